The minimum atomic E-state index is -0.197. The Balaban J connectivity index is 2.64. The first kappa shape index (κ1) is 15.7. The summed E-state index contributed by atoms with van der Waals surface area (Å²) in [7, 11) is 1.91. The van der Waals surface area contributed by atoms with Gasteiger partial charge >= 0.3 is 0 Å². The fourth-order valence-electron chi connectivity index (χ4n) is 1.44. The van der Waals surface area contributed by atoms with Crippen molar-refractivity contribution >= 4 is 28.2 Å². The fourth-order valence-corrected chi connectivity index (χ4v) is 2.37. The molecular weight excluding hydrogens is 264 g/mol. The van der Waals surface area contributed by atoms with E-state index in [9.17, 15) is 4.79 Å². The van der Waals surface area contributed by atoms with E-state index in [2.05, 4.69) is 10.3 Å². The maximum absolute atomic E-state index is 12.0. The molecule has 1 aromatic rings. The lowest BCUT2D eigenvalue weighted by molar-refractivity contribution is 0.0697. The zero-order chi connectivity index (χ0) is 14.4. The Morgan fingerprint density at radius 3 is 2.84 bits per heavy atom. The number of nitrogens with zero attached hydrogens (tertiary/aromatic N) is 2. The van der Waals surface area contributed by atoms with Crippen LogP contribution in [0.15, 0.2) is 0 Å². The predicted octanol–water partition coefficient (Wildman–Crippen LogP) is 1.34. The molecule has 1 amide bonds. The van der Waals surface area contributed by atoms with Gasteiger partial charge in [-0.1, -0.05) is 11.3 Å². The van der Waals surface area contributed by atoms with Crippen molar-refractivity contribution in [1.29, 1.82) is 0 Å². The maximum Gasteiger partial charge on any atom is 0.265 e. The molecule has 7 heteroatoms. The van der Waals surface area contributed by atoms with E-state index in [1.807, 2.05) is 32.7 Å². The highest BCUT2D eigenvalue weighted by Crippen LogP contribution is 2.27. The zero-order valence-corrected chi connectivity index (χ0v) is 12.7. The molecule has 0 saturated heterocycles. The Morgan fingerprint density at radius 2 is 2.26 bits per heavy atom. The minimum absolute atomic E-state index is 0.0131. The quantitative estimate of drug-likeness (QED) is 0.790. The number of hydrogen-bond donors (Lipinski definition) is 2. The highest BCUT2D eigenvalue weighted by atomic mass is 32.1. The molecule has 0 aromatic carbocycles. The molecule has 0 fully saturated rings. The van der Waals surface area contributed by atoms with Gasteiger partial charge in [0.2, 0.25) is 0 Å². The van der Waals surface area contributed by atoms with E-state index in [1.54, 1.807) is 0 Å². The van der Waals surface area contributed by atoms with Crippen molar-refractivity contribution in [2.75, 3.05) is 37.4 Å². The second-order valence-corrected chi connectivity index (χ2v) is 5.18. The normalized spacial score (nSPS) is 12.2. The lowest BCUT2D eigenvalue weighted by Gasteiger charge is -2.12. The van der Waals surface area contributed by atoms with E-state index < -0.39 is 0 Å². The highest BCUT2D eigenvalue weighted by Gasteiger charge is 2.18. The van der Waals surface area contributed by atoms with Crippen LogP contribution in [-0.2, 0) is 4.74 Å². The average Bonchev–Trinajstić information content (AvgIpc) is 2.77. The Hall–Kier alpha value is -1.34. The number of thiazole rings is 1. The first-order valence-corrected chi connectivity index (χ1v) is 7.18. The van der Waals surface area contributed by atoms with Crippen LogP contribution >= 0.6 is 11.3 Å². The van der Waals surface area contributed by atoms with Crippen LogP contribution in [0.1, 0.15) is 30.4 Å². The number of aromatic nitrogens is 1. The van der Waals surface area contributed by atoms with Crippen molar-refractivity contribution in [3.05, 3.63) is 4.88 Å². The third kappa shape index (κ3) is 4.36. The van der Waals surface area contributed by atoms with Crippen LogP contribution in [0, 0.1) is 0 Å². The number of amides is 1. The first-order valence-electron chi connectivity index (χ1n) is 6.36. The van der Waals surface area contributed by atoms with Crippen molar-refractivity contribution in [1.82, 2.24) is 10.3 Å². The lowest BCUT2D eigenvalue weighted by atomic mass is 10.4. The number of carbonyl (C=O) groups is 1. The van der Waals surface area contributed by atoms with Crippen molar-refractivity contribution in [2.24, 2.45) is 0 Å². The molecule has 0 spiro atoms. The molecule has 108 valence electrons. The number of rotatable bonds is 7. The van der Waals surface area contributed by atoms with Crippen molar-refractivity contribution < 1.29 is 9.53 Å². The van der Waals surface area contributed by atoms with Crippen LogP contribution in [0.25, 0.3) is 0 Å². The molecule has 0 saturated carbocycles. The average molecular weight is 286 g/mol. The van der Waals surface area contributed by atoms with Crippen LogP contribution in [0.5, 0.6) is 0 Å². The fraction of sp³-hybridized carbons (Fsp3) is 0.667. The molecule has 0 aliphatic rings. The number of nitrogens with two attached hydrogens (primary N) is 1. The van der Waals surface area contributed by atoms with Gasteiger partial charge in [0.15, 0.2) is 5.13 Å². The summed E-state index contributed by atoms with van der Waals surface area (Å²) < 4.78 is 5.35. The van der Waals surface area contributed by atoms with Crippen LogP contribution < -0.4 is 16.0 Å². The Morgan fingerprint density at radius 1 is 1.58 bits per heavy atom. The monoisotopic (exact) mass is 286 g/mol. The van der Waals surface area contributed by atoms with Crippen LogP contribution in [-0.4, -0.2) is 43.7 Å². The van der Waals surface area contributed by atoms with E-state index >= 15 is 0 Å². The van der Waals surface area contributed by atoms with Gasteiger partial charge in [-0.15, -0.1) is 0 Å². The van der Waals surface area contributed by atoms with E-state index in [1.165, 1.54) is 11.3 Å². The highest BCUT2D eigenvalue weighted by molar-refractivity contribution is 7.18. The Labute approximate surface area is 118 Å². The third-order valence-electron chi connectivity index (χ3n) is 2.65. The third-order valence-corrected chi connectivity index (χ3v) is 3.83. The topological polar surface area (TPSA) is 80.5 Å². The van der Waals surface area contributed by atoms with Gasteiger partial charge < -0.3 is 20.7 Å². The Bertz CT molecular complexity index is 422. The standard InChI is InChI=1S/C12H22N4O2S/c1-5-16(4)12-15-10(13)9(19-12)11(17)14-7-8(3)18-6-2/h8H,5-7,13H2,1-4H3,(H,14,17). The maximum atomic E-state index is 12.0. The molecule has 1 aromatic heterocycles. The summed E-state index contributed by atoms with van der Waals surface area (Å²) in [5.74, 6) is 0.0826. The molecule has 0 aliphatic carbocycles. The first-order chi connectivity index (χ1) is 8.99. The molecule has 3 N–H and O–H groups in total. The van der Waals surface area contributed by atoms with Gasteiger partial charge in [-0.3, -0.25) is 4.79 Å². The van der Waals surface area contributed by atoms with Crippen LogP contribution in [0.2, 0.25) is 0 Å². The molecule has 1 unspecified atom stereocenters. The summed E-state index contributed by atoms with van der Waals surface area (Å²) in [5.41, 5.74) is 5.78. The number of nitrogens with one attached hydrogen (secondary N) is 1. The number of ether oxygens (including phenoxy) is 1. The van der Waals surface area contributed by atoms with E-state index in [0.29, 0.717) is 18.0 Å². The minimum Gasteiger partial charge on any atom is -0.382 e. The van der Waals surface area contributed by atoms with Gasteiger partial charge in [-0.25, -0.2) is 4.98 Å². The second kappa shape index (κ2) is 7.30. The molecule has 0 aliphatic heterocycles. The van der Waals surface area contributed by atoms with Gasteiger partial charge in [-0.2, -0.15) is 0 Å². The van der Waals surface area contributed by atoms with Crippen molar-refractivity contribution in [3.63, 3.8) is 0 Å². The zero-order valence-electron chi connectivity index (χ0n) is 11.9. The molecule has 0 radical (unpaired) electrons. The number of nitrogen functional groups attached to an aromatic ring is 1. The summed E-state index contributed by atoms with van der Waals surface area (Å²) in [5, 5.41) is 3.56. The van der Waals surface area contributed by atoms with E-state index in [4.69, 9.17) is 10.5 Å². The molecule has 1 atom stereocenters. The molecule has 19 heavy (non-hydrogen) atoms. The number of hydrogen-bond acceptors (Lipinski definition) is 6. The number of anilines is 2. The van der Waals surface area contributed by atoms with Crippen LogP contribution in [0.4, 0.5) is 10.9 Å². The predicted molar refractivity (Wildman–Crippen MR) is 78.9 cm³/mol. The summed E-state index contributed by atoms with van der Waals surface area (Å²) in [4.78, 5) is 18.6. The van der Waals surface area contributed by atoms with Gasteiger partial charge in [0.1, 0.15) is 10.7 Å². The second-order valence-electron chi connectivity index (χ2n) is 4.20. The van der Waals surface area contributed by atoms with Crippen molar-refractivity contribution in [3.8, 4) is 0 Å². The Kier molecular flexibility index (Phi) is 6.04. The SMILES string of the molecule is CCOC(C)CNC(=O)c1sc(N(C)CC)nc1N. The molecular formula is C12H22N4O2S. The largest absolute Gasteiger partial charge is 0.382 e. The van der Waals surface area contributed by atoms with Gasteiger partial charge in [0, 0.05) is 26.7 Å². The summed E-state index contributed by atoms with van der Waals surface area (Å²) in [6.45, 7) is 7.76. The smallest absolute Gasteiger partial charge is 0.265 e. The van der Waals surface area contributed by atoms with Crippen molar-refractivity contribution in [2.45, 2.75) is 26.9 Å². The van der Waals surface area contributed by atoms with E-state index in [0.717, 1.165) is 11.7 Å². The van der Waals surface area contributed by atoms with Gasteiger partial charge in [0.25, 0.3) is 5.91 Å². The van der Waals surface area contributed by atoms with Gasteiger partial charge in [0.05, 0.1) is 6.10 Å². The summed E-state index contributed by atoms with van der Waals surface area (Å²) in [6, 6.07) is 0. The molecule has 1 rings (SSSR count). The van der Waals surface area contributed by atoms with Gasteiger partial charge in [-0.05, 0) is 20.8 Å². The molecule has 1 heterocycles. The molecule has 6 nitrogen and oxygen atoms in total. The van der Waals surface area contributed by atoms with E-state index in [-0.39, 0.29) is 17.8 Å². The van der Waals surface area contributed by atoms with Crippen LogP contribution in [0.3, 0.4) is 0 Å². The molecule has 0 bridgehead atoms. The number of carbonyl (C=O) groups excluding carboxylic acids is 1. The lowest BCUT2D eigenvalue weighted by Crippen LogP contribution is -2.32. The summed E-state index contributed by atoms with van der Waals surface area (Å²) >= 11 is 1.30. The summed E-state index contributed by atoms with van der Waals surface area (Å²) in [6.07, 6.45) is -0.0131.